The van der Waals surface area contributed by atoms with Crippen LogP contribution in [0.15, 0.2) is 12.1 Å². The molecule has 0 bridgehead atoms. The van der Waals surface area contributed by atoms with Crippen LogP contribution in [-0.4, -0.2) is 12.9 Å². The molecular weight excluding hydrogens is 200 g/mol. The fourth-order valence-electron chi connectivity index (χ4n) is 1.65. The predicted octanol–water partition coefficient (Wildman–Crippen LogP) is 3.68. The van der Waals surface area contributed by atoms with Crippen LogP contribution in [-0.2, 0) is 0 Å². The smallest absolute Gasteiger partial charge is 0.166 e. The first-order valence-electron chi connectivity index (χ1n) is 5.78. The molecule has 1 aromatic carbocycles. The van der Waals surface area contributed by atoms with E-state index in [4.69, 9.17) is 4.74 Å². The summed E-state index contributed by atoms with van der Waals surface area (Å²) in [5, 5.41) is 0. The van der Waals surface area contributed by atoms with E-state index in [-0.39, 0.29) is 5.78 Å². The summed E-state index contributed by atoms with van der Waals surface area (Å²) in [5.41, 5.74) is 3.02. The fraction of sp³-hybridized carbons (Fsp3) is 0.500. The van der Waals surface area contributed by atoms with Gasteiger partial charge in [-0.2, -0.15) is 0 Å². The first-order valence-corrected chi connectivity index (χ1v) is 5.78. The fourth-order valence-corrected chi connectivity index (χ4v) is 1.65. The summed E-state index contributed by atoms with van der Waals surface area (Å²) < 4.78 is 5.26. The van der Waals surface area contributed by atoms with Crippen LogP contribution < -0.4 is 4.74 Å². The van der Waals surface area contributed by atoms with Crippen molar-refractivity contribution in [2.45, 2.75) is 40.0 Å². The maximum Gasteiger partial charge on any atom is 0.166 e. The molecule has 2 nitrogen and oxygen atoms in total. The summed E-state index contributed by atoms with van der Waals surface area (Å²) >= 11 is 0. The van der Waals surface area contributed by atoms with Crippen molar-refractivity contribution >= 4 is 5.78 Å². The maximum atomic E-state index is 12.0. The molecule has 0 aliphatic heterocycles. The predicted molar refractivity (Wildman–Crippen MR) is 66.3 cm³/mol. The average molecular weight is 220 g/mol. The molecule has 0 N–H and O–H groups in total. The molecule has 0 aliphatic rings. The highest BCUT2D eigenvalue weighted by molar-refractivity contribution is 5.99. The van der Waals surface area contributed by atoms with Crippen LogP contribution in [0.2, 0.25) is 0 Å². The number of hydrogen-bond donors (Lipinski definition) is 0. The van der Waals surface area contributed by atoms with Crippen molar-refractivity contribution in [1.82, 2.24) is 0 Å². The number of methoxy groups -OCH3 is 1. The molecule has 1 aromatic rings. The third-order valence-corrected chi connectivity index (χ3v) is 2.87. The number of unbranched alkanes of at least 4 members (excludes halogenated alkanes) is 1. The topological polar surface area (TPSA) is 26.3 Å². The number of aryl methyl sites for hydroxylation is 2. The molecule has 1 rings (SSSR count). The third-order valence-electron chi connectivity index (χ3n) is 2.87. The van der Waals surface area contributed by atoms with E-state index in [1.165, 1.54) is 0 Å². The molecule has 88 valence electrons. The summed E-state index contributed by atoms with van der Waals surface area (Å²) in [6.45, 7) is 6.13. The number of carbonyl (C=O) groups is 1. The Morgan fingerprint density at radius 3 is 2.44 bits per heavy atom. The normalized spacial score (nSPS) is 10.2. The van der Waals surface area contributed by atoms with Gasteiger partial charge in [-0.15, -0.1) is 0 Å². The highest BCUT2D eigenvalue weighted by atomic mass is 16.5. The molecule has 0 unspecified atom stereocenters. The summed E-state index contributed by atoms with van der Waals surface area (Å²) in [6.07, 6.45) is 2.59. The molecule has 0 saturated carbocycles. The minimum atomic E-state index is 0.182. The molecule has 2 heteroatoms. The van der Waals surface area contributed by atoms with Crippen LogP contribution in [0.4, 0.5) is 0 Å². The highest BCUT2D eigenvalue weighted by Gasteiger charge is 2.13. The van der Waals surface area contributed by atoms with Gasteiger partial charge in [0.1, 0.15) is 5.75 Å². The second-order valence-corrected chi connectivity index (χ2v) is 4.16. The number of Topliss-reactive ketones (excluding diaryl/α,β-unsaturated/α-hetero) is 1. The molecule has 0 atom stereocenters. The van der Waals surface area contributed by atoms with Crippen LogP contribution in [0.25, 0.3) is 0 Å². The van der Waals surface area contributed by atoms with E-state index in [0.717, 1.165) is 29.5 Å². The van der Waals surface area contributed by atoms with E-state index < -0.39 is 0 Å². The third kappa shape index (κ3) is 2.84. The van der Waals surface area contributed by atoms with Crippen molar-refractivity contribution in [3.05, 3.63) is 28.8 Å². The Balaban J connectivity index is 3.02. The lowest BCUT2D eigenvalue weighted by atomic mass is 9.99. The zero-order chi connectivity index (χ0) is 12.1. The second kappa shape index (κ2) is 5.69. The molecule has 0 aromatic heterocycles. The second-order valence-electron chi connectivity index (χ2n) is 4.16. The minimum absolute atomic E-state index is 0.182. The molecule has 0 radical (unpaired) electrons. The standard InChI is InChI=1S/C14H20O2/c1-5-6-7-13(15)12-8-10(2)11(3)9-14(12)16-4/h8-9H,5-7H2,1-4H3. The Bertz CT molecular complexity index is 381. The molecule has 0 aliphatic carbocycles. The van der Waals surface area contributed by atoms with Crippen molar-refractivity contribution < 1.29 is 9.53 Å². The van der Waals surface area contributed by atoms with Gasteiger partial charge < -0.3 is 4.74 Å². The maximum absolute atomic E-state index is 12.0. The summed E-state index contributed by atoms with van der Waals surface area (Å²) in [7, 11) is 1.61. The lowest BCUT2D eigenvalue weighted by molar-refractivity contribution is 0.0976. The zero-order valence-corrected chi connectivity index (χ0v) is 10.6. The number of benzene rings is 1. The summed E-state index contributed by atoms with van der Waals surface area (Å²) in [6, 6.07) is 3.88. The number of ketones is 1. The highest BCUT2D eigenvalue weighted by Crippen LogP contribution is 2.24. The van der Waals surface area contributed by atoms with Crippen LogP contribution >= 0.6 is 0 Å². The van der Waals surface area contributed by atoms with Gasteiger partial charge in [0.05, 0.1) is 12.7 Å². The van der Waals surface area contributed by atoms with E-state index in [0.29, 0.717) is 12.2 Å². The molecule has 0 saturated heterocycles. The monoisotopic (exact) mass is 220 g/mol. The van der Waals surface area contributed by atoms with Gasteiger partial charge in [0.15, 0.2) is 5.78 Å². The first kappa shape index (κ1) is 12.8. The van der Waals surface area contributed by atoms with Gasteiger partial charge in [0, 0.05) is 6.42 Å². The molecule has 0 amide bonds. The number of rotatable bonds is 5. The van der Waals surface area contributed by atoms with Gasteiger partial charge in [-0.1, -0.05) is 13.3 Å². The van der Waals surface area contributed by atoms with E-state index >= 15 is 0 Å². The Morgan fingerprint density at radius 1 is 1.25 bits per heavy atom. The summed E-state index contributed by atoms with van der Waals surface area (Å²) in [4.78, 5) is 12.0. The van der Waals surface area contributed by atoms with Gasteiger partial charge in [-0.25, -0.2) is 0 Å². The van der Waals surface area contributed by atoms with E-state index in [1.54, 1.807) is 7.11 Å². The van der Waals surface area contributed by atoms with Crippen LogP contribution in [0.1, 0.15) is 47.7 Å². The van der Waals surface area contributed by atoms with Gasteiger partial charge in [-0.3, -0.25) is 4.79 Å². The lowest BCUT2D eigenvalue weighted by Gasteiger charge is -2.10. The van der Waals surface area contributed by atoms with Crippen molar-refractivity contribution in [3.8, 4) is 5.75 Å². The Kier molecular flexibility index (Phi) is 4.53. The molecule has 16 heavy (non-hydrogen) atoms. The average Bonchev–Trinajstić information content (AvgIpc) is 2.28. The van der Waals surface area contributed by atoms with Crippen molar-refractivity contribution in [2.75, 3.05) is 7.11 Å². The Labute approximate surface area is 97.6 Å². The van der Waals surface area contributed by atoms with E-state index in [2.05, 4.69) is 6.92 Å². The Morgan fingerprint density at radius 2 is 1.88 bits per heavy atom. The van der Waals surface area contributed by atoms with Crippen molar-refractivity contribution in [1.29, 1.82) is 0 Å². The number of carbonyl (C=O) groups excluding carboxylic acids is 1. The van der Waals surface area contributed by atoms with Crippen LogP contribution in [0, 0.1) is 13.8 Å². The van der Waals surface area contributed by atoms with E-state index in [1.807, 2.05) is 26.0 Å². The SMILES string of the molecule is CCCCC(=O)c1cc(C)c(C)cc1OC. The van der Waals surface area contributed by atoms with Gasteiger partial charge in [0.2, 0.25) is 0 Å². The van der Waals surface area contributed by atoms with Crippen LogP contribution in [0.5, 0.6) is 5.75 Å². The van der Waals surface area contributed by atoms with Crippen molar-refractivity contribution in [2.24, 2.45) is 0 Å². The largest absolute Gasteiger partial charge is 0.496 e. The van der Waals surface area contributed by atoms with Gasteiger partial charge in [0.25, 0.3) is 0 Å². The Hall–Kier alpha value is -1.31. The molecular formula is C14H20O2. The first-order chi connectivity index (χ1) is 7.60. The lowest BCUT2D eigenvalue weighted by Crippen LogP contribution is -2.03. The molecule has 0 spiro atoms. The number of hydrogen-bond acceptors (Lipinski definition) is 2. The zero-order valence-electron chi connectivity index (χ0n) is 10.6. The minimum Gasteiger partial charge on any atom is -0.496 e. The van der Waals surface area contributed by atoms with Crippen LogP contribution in [0.3, 0.4) is 0 Å². The quantitative estimate of drug-likeness (QED) is 0.707. The number of ether oxygens (including phenoxy) is 1. The van der Waals surface area contributed by atoms with Gasteiger partial charge in [-0.05, 0) is 43.5 Å². The van der Waals surface area contributed by atoms with E-state index in [9.17, 15) is 4.79 Å². The molecule has 0 fully saturated rings. The van der Waals surface area contributed by atoms with Crippen molar-refractivity contribution in [3.63, 3.8) is 0 Å². The van der Waals surface area contributed by atoms with Gasteiger partial charge >= 0.3 is 0 Å². The summed E-state index contributed by atoms with van der Waals surface area (Å²) in [5.74, 6) is 0.881. The molecule has 0 heterocycles.